The molecule has 0 saturated carbocycles. The summed E-state index contributed by atoms with van der Waals surface area (Å²) in [6.07, 6.45) is -16.7. The Labute approximate surface area is 164 Å². The molecule has 0 aliphatic heterocycles. The molecule has 6 nitrogen and oxygen atoms in total. The van der Waals surface area contributed by atoms with Gasteiger partial charge < -0.3 is 0 Å². The Kier molecular flexibility index (Phi) is 9.86. The molecule has 30 heavy (non-hydrogen) atoms. The van der Waals surface area contributed by atoms with Crippen molar-refractivity contribution in [1.29, 1.82) is 0 Å². The molecule has 18 heteroatoms. The Morgan fingerprint density at radius 1 is 0.533 bits per heavy atom. The highest BCUT2D eigenvalue weighted by atomic mass is 32.2. The monoisotopic (exact) mass is 510 g/mol. The third-order valence-corrected chi connectivity index (χ3v) is 5.69. The lowest BCUT2D eigenvalue weighted by Gasteiger charge is -2.19. The van der Waals surface area contributed by atoms with Crippen LogP contribution in [0.3, 0.4) is 0 Å². The van der Waals surface area contributed by atoms with Crippen molar-refractivity contribution in [3.63, 3.8) is 0 Å². The zero-order valence-electron chi connectivity index (χ0n) is 14.7. The van der Waals surface area contributed by atoms with Gasteiger partial charge in [-0.1, -0.05) is 0 Å². The van der Waals surface area contributed by atoms with Crippen molar-refractivity contribution in [3.05, 3.63) is 0 Å². The summed E-state index contributed by atoms with van der Waals surface area (Å²) in [5, 5.41) is 0. The van der Waals surface area contributed by atoms with E-state index in [0.717, 1.165) is 0 Å². The molecule has 0 aromatic carbocycles. The number of rotatable bonds is 13. The second-order valence-electron chi connectivity index (χ2n) is 5.78. The third-order valence-electron chi connectivity index (χ3n) is 3.23. The quantitative estimate of drug-likeness (QED) is 0.214. The van der Waals surface area contributed by atoms with Crippen LogP contribution in [-0.4, -0.2) is 65.8 Å². The first-order valence-electron chi connectivity index (χ1n) is 7.75. The van der Waals surface area contributed by atoms with Crippen LogP contribution in [0.4, 0.5) is 43.9 Å². The Morgan fingerprint density at radius 3 is 1.03 bits per heavy atom. The summed E-state index contributed by atoms with van der Waals surface area (Å²) in [6, 6.07) is 0. The third kappa shape index (κ3) is 10.4. The lowest BCUT2D eigenvalue weighted by molar-refractivity contribution is -0.282. The SMILES string of the molecule is O=S(=O)(CCC(F)(F)C(F)(F)F)OCCCCOS(=O)(=O)CCC(F)(F)C(F)(F)F. The number of hydrogen-bond acceptors (Lipinski definition) is 6. The molecule has 0 rings (SSSR count). The predicted octanol–water partition coefficient (Wildman–Crippen LogP) is 3.63. The number of unbranched alkanes of at least 4 members (excludes halogenated alkanes) is 1. The van der Waals surface area contributed by atoms with Crippen molar-refractivity contribution in [1.82, 2.24) is 0 Å². The molecule has 0 aromatic rings. The summed E-state index contributed by atoms with van der Waals surface area (Å²) in [6.45, 7) is -1.51. The van der Waals surface area contributed by atoms with E-state index >= 15 is 0 Å². The normalized spacial score (nSPS) is 14.9. The highest BCUT2D eigenvalue weighted by Crippen LogP contribution is 2.39. The van der Waals surface area contributed by atoms with E-state index in [1.54, 1.807) is 0 Å². The van der Waals surface area contributed by atoms with Gasteiger partial charge in [-0.2, -0.15) is 60.7 Å². The maximum atomic E-state index is 12.6. The van der Waals surface area contributed by atoms with E-state index in [4.69, 9.17) is 0 Å². The summed E-state index contributed by atoms with van der Waals surface area (Å²) < 4.78 is 175. The van der Waals surface area contributed by atoms with E-state index in [1.807, 2.05) is 0 Å². The molecule has 0 heterocycles. The summed E-state index contributed by atoms with van der Waals surface area (Å²) in [5.74, 6) is -13.8. The van der Waals surface area contributed by atoms with Crippen molar-refractivity contribution >= 4 is 20.2 Å². The Balaban J connectivity index is 4.24. The maximum absolute atomic E-state index is 12.6. The lowest BCUT2D eigenvalue weighted by atomic mass is 10.2. The zero-order valence-corrected chi connectivity index (χ0v) is 16.3. The molecule has 0 N–H and O–H groups in total. The highest BCUT2D eigenvalue weighted by molar-refractivity contribution is 7.86. The van der Waals surface area contributed by atoms with Gasteiger partial charge in [0.25, 0.3) is 20.2 Å². The van der Waals surface area contributed by atoms with Crippen molar-refractivity contribution in [3.8, 4) is 0 Å². The van der Waals surface area contributed by atoms with Crippen LogP contribution in [0.2, 0.25) is 0 Å². The summed E-state index contributed by atoms with van der Waals surface area (Å²) in [5.41, 5.74) is 0. The highest BCUT2D eigenvalue weighted by Gasteiger charge is 2.58. The molecule has 0 fully saturated rings. The van der Waals surface area contributed by atoms with E-state index in [1.165, 1.54) is 0 Å². The minimum Gasteiger partial charge on any atom is -0.270 e. The second-order valence-corrected chi connectivity index (χ2v) is 9.30. The molecule has 0 aromatic heterocycles. The fourth-order valence-electron chi connectivity index (χ4n) is 1.48. The Bertz CT molecular complexity index is 678. The molecule has 0 spiro atoms. The Morgan fingerprint density at radius 2 is 0.800 bits per heavy atom. The van der Waals surface area contributed by atoms with E-state index in [2.05, 4.69) is 8.37 Å². The lowest BCUT2D eigenvalue weighted by Crippen LogP contribution is -2.38. The zero-order chi connectivity index (χ0) is 24.1. The van der Waals surface area contributed by atoms with E-state index < -0.39 is 82.0 Å². The summed E-state index contributed by atoms with van der Waals surface area (Å²) >= 11 is 0. The van der Waals surface area contributed by atoms with Crippen LogP contribution >= 0.6 is 0 Å². The minimum atomic E-state index is -5.95. The van der Waals surface area contributed by atoms with Crippen LogP contribution in [0.25, 0.3) is 0 Å². The van der Waals surface area contributed by atoms with Gasteiger partial charge in [0.15, 0.2) is 0 Å². The number of halogens is 10. The van der Waals surface area contributed by atoms with Gasteiger partial charge in [-0.25, -0.2) is 0 Å². The Hall–Kier alpha value is -0.880. The van der Waals surface area contributed by atoms with Crippen molar-refractivity contribution in [2.75, 3.05) is 24.7 Å². The van der Waals surface area contributed by atoms with Gasteiger partial charge in [0, 0.05) is 12.8 Å². The minimum absolute atomic E-state index is 0.316. The molecule has 0 bridgehead atoms. The standard InChI is InChI=1S/C12H16F10O6S2/c13-9(14,11(17,18)19)3-7-29(23,24)27-5-1-2-6-28-30(25,26)8-4-10(15,16)12(20,21)22/h1-8H2. The molecule has 0 aliphatic rings. The average molecular weight is 510 g/mol. The molecule has 0 aliphatic carbocycles. The smallest absolute Gasteiger partial charge is 0.270 e. The fourth-order valence-corrected chi connectivity index (χ4v) is 3.48. The molecule has 0 radical (unpaired) electrons. The topological polar surface area (TPSA) is 86.7 Å². The average Bonchev–Trinajstić information content (AvgIpc) is 2.53. The molecular formula is C12H16F10O6S2. The molecule has 0 saturated heterocycles. The van der Waals surface area contributed by atoms with E-state index in [9.17, 15) is 60.7 Å². The maximum Gasteiger partial charge on any atom is 0.453 e. The van der Waals surface area contributed by atoms with Crippen LogP contribution in [0.1, 0.15) is 25.7 Å². The van der Waals surface area contributed by atoms with Crippen LogP contribution < -0.4 is 0 Å². The molecule has 0 unspecified atom stereocenters. The molecule has 182 valence electrons. The molecule has 0 amide bonds. The fraction of sp³-hybridized carbons (Fsp3) is 1.00. The summed E-state index contributed by atoms with van der Waals surface area (Å²) in [7, 11) is -9.52. The van der Waals surface area contributed by atoms with E-state index in [-0.39, 0.29) is 12.8 Å². The number of hydrogen-bond donors (Lipinski definition) is 0. The first kappa shape index (κ1) is 29.1. The van der Waals surface area contributed by atoms with Gasteiger partial charge in [-0.05, 0) is 12.8 Å². The van der Waals surface area contributed by atoms with Gasteiger partial charge >= 0.3 is 24.2 Å². The van der Waals surface area contributed by atoms with Crippen molar-refractivity contribution in [2.24, 2.45) is 0 Å². The molecule has 0 atom stereocenters. The predicted molar refractivity (Wildman–Crippen MR) is 79.9 cm³/mol. The van der Waals surface area contributed by atoms with Crippen LogP contribution in [0.15, 0.2) is 0 Å². The molecular weight excluding hydrogens is 494 g/mol. The van der Waals surface area contributed by atoms with Crippen LogP contribution in [-0.2, 0) is 28.6 Å². The van der Waals surface area contributed by atoms with Crippen LogP contribution in [0.5, 0.6) is 0 Å². The van der Waals surface area contributed by atoms with Gasteiger partial charge in [-0.3, -0.25) is 8.37 Å². The van der Waals surface area contributed by atoms with Crippen molar-refractivity contribution in [2.45, 2.75) is 49.9 Å². The first-order valence-corrected chi connectivity index (χ1v) is 10.9. The summed E-state index contributed by atoms with van der Waals surface area (Å²) in [4.78, 5) is 0. The largest absolute Gasteiger partial charge is 0.453 e. The van der Waals surface area contributed by atoms with E-state index in [0.29, 0.717) is 0 Å². The number of alkyl halides is 10. The first-order chi connectivity index (χ1) is 13.1. The van der Waals surface area contributed by atoms with Crippen LogP contribution in [0, 0.1) is 0 Å². The van der Waals surface area contributed by atoms with Gasteiger partial charge in [0.05, 0.1) is 24.7 Å². The van der Waals surface area contributed by atoms with Gasteiger partial charge in [0.1, 0.15) is 0 Å². The second kappa shape index (κ2) is 10.2. The van der Waals surface area contributed by atoms with Crippen molar-refractivity contribution < 1.29 is 69.1 Å². The van der Waals surface area contributed by atoms with Gasteiger partial charge in [-0.15, -0.1) is 0 Å². The van der Waals surface area contributed by atoms with Gasteiger partial charge in [0.2, 0.25) is 0 Å².